The number of aromatic nitrogens is 3. The van der Waals surface area contributed by atoms with Crippen molar-refractivity contribution in [3.8, 4) is 0 Å². The number of halogens is 2. The molecule has 0 spiro atoms. The Kier molecular flexibility index (Phi) is 3.64. The third-order valence-electron chi connectivity index (χ3n) is 3.34. The summed E-state index contributed by atoms with van der Waals surface area (Å²) in [5.41, 5.74) is 3.49. The number of rotatable bonds is 3. The highest BCUT2D eigenvalue weighted by atomic mass is 35.5. The Morgan fingerprint density at radius 1 is 1.33 bits per heavy atom. The molecule has 5 heteroatoms. The van der Waals surface area contributed by atoms with Gasteiger partial charge in [-0.15, -0.1) is 11.6 Å². The Balaban J connectivity index is 2.13. The van der Waals surface area contributed by atoms with Gasteiger partial charge in [0.05, 0.1) is 11.9 Å². The summed E-state index contributed by atoms with van der Waals surface area (Å²) >= 11 is 6.23. The van der Waals surface area contributed by atoms with Crippen molar-refractivity contribution in [1.29, 1.82) is 0 Å². The molecule has 0 aliphatic carbocycles. The highest BCUT2D eigenvalue weighted by molar-refractivity contribution is 6.20. The molecule has 2 heterocycles. The van der Waals surface area contributed by atoms with Crippen LogP contribution in [0.2, 0.25) is 0 Å². The lowest BCUT2D eigenvalue weighted by Gasteiger charge is -2.10. The van der Waals surface area contributed by atoms with E-state index in [1.807, 2.05) is 30.5 Å². The van der Waals surface area contributed by atoms with Crippen LogP contribution in [0.15, 0.2) is 36.5 Å². The van der Waals surface area contributed by atoms with Gasteiger partial charge in [0.2, 0.25) is 0 Å². The number of aryl methyl sites for hydroxylation is 1. The molecule has 0 saturated heterocycles. The standard InChI is InChI=1S/C16H15ClFN3/c1-10-6-14-16(19-8-10)21(15(20-14)11(2)17)9-12-4-3-5-13(18)7-12/h3-8,11H,9H2,1-2H3. The van der Waals surface area contributed by atoms with Gasteiger partial charge in [0.25, 0.3) is 0 Å². The molecule has 1 unspecified atom stereocenters. The molecule has 3 nitrogen and oxygen atoms in total. The maximum absolute atomic E-state index is 13.4. The summed E-state index contributed by atoms with van der Waals surface area (Å²) in [5, 5.41) is -0.243. The molecule has 0 aliphatic heterocycles. The Labute approximate surface area is 127 Å². The third-order valence-corrected chi connectivity index (χ3v) is 3.53. The molecule has 0 fully saturated rings. The minimum Gasteiger partial charge on any atom is -0.307 e. The van der Waals surface area contributed by atoms with E-state index < -0.39 is 0 Å². The van der Waals surface area contributed by atoms with Crippen LogP contribution in [-0.2, 0) is 6.54 Å². The number of alkyl halides is 1. The fourth-order valence-electron chi connectivity index (χ4n) is 2.41. The van der Waals surface area contributed by atoms with Crippen LogP contribution in [0.1, 0.15) is 29.3 Å². The van der Waals surface area contributed by atoms with Crippen LogP contribution in [0.5, 0.6) is 0 Å². The molecule has 1 atom stereocenters. The zero-order valence-electron chi connectivity index (χ0n) is 11.8. The molecular weight excluding hydrogens is 289 g/mol. The highest BCUT2D eigenvalue weighted by Crippen LogP contribution is 2.25. The first-order valence-electron chi connectivity index (χ1n) is 6.76. The number of pyridine rings is 1. The topological polar surface area (TPSA) is 30.7 Å². The van der Waals surface area contributed by atoms with Crippen LogP contribution in [0.4, 0.5) is 4.39 Å². The normalized spacial score (nSPS) is 12.8. The molecule has 0 bridgehead atoms. The molecule has 0 aliphatic rings. The van der Waals surface area contributed by atoms with Gasteiger partial charge in [-0.05, 0) is 43.2 Å². The van der Waals surface area contributed by atoms with Gasteiger partial charge in [0.15, 0.2) is 5.65 Å². The van der Waals surface area contributed by atoms with Crippen LogP contribution < -0.4 is 0 Å². The first-order valence-corrected chi connectivity index (χ1v) is 7.19. The number of benzene rings is 1. The van der Waals surface area contributed by atoms with E-state index in [0.29, 0.717) is 6.54 Å². The van der Waals surface area contributed by atoms with Gasteiger partial charge in [-0.1, -0.05) is 12.1 Å². The van der Waals surface area contributed by atoms with Crippen molar-refractivity contribution in [2.24, 2.45) is 0 Å². The van der Waals surface area contributed by atoms with Crippen molar-refractivity contribution in [3.63, 3.8) is 0 Å². The van der Waals surface area contributed by atoms with E-state index in [1.165, 1.54) is 12.1 Å². The van der Waals surface area contributed by atoms with E-state index in [0.717, 1.165) is 28.1 Å². The molecule has 0 amide bonds. The number of hydrogen-bond donors (Lipinski definition) is 0. The summed E-state index contributed by atoms with van der Waals surface area (Å²) in [6.45, 7) is 4.34. The van der Waals surface area contributed by atoms with Crippen LogP contribution in [0.25, 0.3) is 11.2 Å². The van der Waals surface area contributed by atoms with E-state index in [2.05, 4.69) is 9.97 Å². The van der Waals surface area contributed by atoms with Crippen molar-refractivity contribution >= 4 is 22.8 Å². The first-order chi connectivity index (χ1) is 10.0. The predicted molar refractivity (Wildman–Crippen MR) is 82.0 cm³/mol. The van der Waals surface area contributed by atoms with Gasteiger partial charge < -0.3 is 4.57 Å². The fraction of sp³-hybridized carbons (Fsp3) is 0.250. The Hall–Kier alpha value is -1.94. The molecule has 0 radical (unpaired) electrons. The average Bonchev–Trinajstić information content (AvgIpc) is 2.77. The van der Waals surface area contributed by atoms with Crippen molar-refractivity contribution < 1.29 is 4.39 Å². The lowest BCUT2D eigenvalue weighted by atomic mass is 10.2. The second kappa shape index (κ2) is 5.45. The molecule has 1 aromatic carbocycles. The van der Waals surface area contributed by atoms with E-state index in [4.69, 9.17) is 11.6 Å². The van der Waals surface area contributed by atoms with Crippen molar-refractivity contribution in [1.82, 2.24) is 14.5 Å². The van der Waals surface area contributed by atoms with Crippen molar-refractivity contribution in [2.45, 2.75) is 25.8 Å². The minimum absolute atomic E-state index is 0.243. The molecule has 0 saturated carbocycles. The van der Waals surface area contributed by atoms with Gasteiger partial charge in [-0.25, -0.2) is 14.4 Å². The summed E-state index contributed by atoms with van der Waals surface area (Å²) in [6, 6.07) is 8.51. The van der Waals surface area contributed by atoms with E-state index in [1.54, 1.807) is 12.3 Å². The van der Waals surface area contributed by atoms with Crippen molar-refractivity contribution in [2.75, 3.05) is 0 Å². The Bertz CT molecular complexity index is 795. The van der Waals surface area contributed by atoms with E-state index in [9.17, 15) is 4.39 Å². The summed E-state index contributed by atoms with van der Waals surface area (Å²) in [6.07, 6.45) is 1.80. The maximum atomic E-state index is 13.4. The van der Waals surface area contributed by atoms with Gasteiger partial charge >= 0.3 is 0 Å². The fourth-order valence-corrected chi connectivity index (χ4v) is 2.57. The molecule has 108 valence electrons. The SMILES string of the molecule is Cc1cnc2c(c1)nc(C(C)Cl)n2Cc1cccc(F)c1. The second-order valence-corrected chi connectivity index (χ2v) is 5.81. The zero-order valence-corrected chi connectivity index (χ0v) is 12.6. The minimum atomic E-state index is -0.249. The second-order valence-electron chi connectivity index (χ2n) is 5.16. The van der Waals surface area contributed by atoms with Crippen LogP contribution in [0.3, 0.4) is 0 Å². The maximum Gasteiger partial charge on any atom is 0.160 e. The summed E-state index contributed by atoms with van der Waals surface area (Å²) in [4.78, 5) is 9.02. The smallest absolute Gasteiger partial charge is 0.160 e. The van der Waals surface area contributed by atoms with Gasteiger partial charge in [0.1, 0.15) is 17.2 Å². The highest BCUT2D eigenvalue weighted by Gasteiger charge is 2.16. The molecule has 2 aromatic heterocycles. The number of nitrogens with zero attached hydrogens (tertiary/aromatic N) is 3. The monoisotopic (exact) mass is 303 g/mol. The molecule has 3 rings (SSSR count). The lowest BCUT2D eigenvalue weighted by molar-refractivity contribution is 0.622. The molecule has 0 N–H and O–H groups in total. The van der Waals surface area contributed by atoms with Crippen LogP contribution in [-0.4, -0.2) is 14.5 Å². The molecular formula is C16H15ClFN3. The van der Waals surface area contributed by atoms with Crippen LogP contribution >= 0.6 is 11.6 Å². The van der Waals surface area contributed by atoms with E-state index in [-0.39, 0.29) is 11.2 Å². The quantitative estimate of drug-likeness (QED) is 0.678. The van der Waals surface area contributed by atoms with E-state index >= 15 is 0 Å². The number of imidazole rings is 1. The lowest BCUT2D eigenvalue weighted by Crippen LogP contribution is -2.06. The summed E-state index contributed by atoms with van der Waals surface area (Å²) < 4.78 is 15.3. The van der Waals surface area contributed by atoms with Crippen molar-refractivity contribution in [3.05, 3.63) is 59.3 Å². The van der Waals surface area contributed by atoms with Crippen LogP contribution in [0, 0.1) is 12.7 Å². The van der Waals surface area contributed by atoms with Gasteiger partial charge in [-0.2, -0.15) is 0 Å². The average molecular weight is 304 g/mol. The Morgan fingerprint density at radius 2 is 2.14 bits per heavy atom. The number of fused-ring (bicyclic) bond motifs is 1. The zero-order chi connectivity index (χ0) is 15.0. The van der Waals surface area contributed by atoms with Gasteiger partial charge in [0, 0.05) is 6.20 Å². The predicted octanol–water partition coefficient (Wildman–Crippen LogP) is 4.23. The third kappa shape index (κ3) is 2.76. The summed E-state index contributed by atoms with van der Waals surface area (Å²) in [7, 11) is 0. The Morgan fingerprint density at radius 3 is 2.86 bits per heavy atom. The molecule has 21 heavy (non-hydrogen) atoms. The summed E-state index contributed by atoms with van der Waals surface area (Å²) in [5.74, 6) is 0.496. The number of hydrogen-bond acceptors (Lipinski definition) is 2. The largest absolute Gasteiger partial charge is 0.307 e. The first kappa shape index (κ1) is 14.0. The van der Waals surface area contributed by atoms with Gasteiger partial charge in [-0.3, -0.25) is 0 Å². The molecule has 3 aromatic rings.